The Bertz CT molecular complexity index is 337. The Morgan fingerprint density at radius 3 is 2.57 bits per heavy atom. The van der Waals surface area contributed by atoms with Gasteiger partial charge in [-0.15, -0.1) is 0 Å². The van der Waals surface area contributed by atoms with Gasteiger partial charge in [0.25, 0.3) is 0 Å². The molecule has 0 bridgehead atoms. The van der Waals surface area contributed by atoms with E-state index in [1.807, 2.05) is 4.90 Å². The van der Waals surface area contributed by atoms with Crippen LogP contribution in [0.1, 0.15) is 38.5 Å². The van der Waals surface area contributed by atoms with Gasteiger partial charge in [-0.1, -0.05) is 0 Å². The summed E-state index contributed by atoms with van der Waals surface area (Å²) < 4.78 is 5.69. The van der Waals surface area contributed by atoms with E-state index in [1.165, 1.54) is 0 Å². The highest BCUT2D eigenvalue weighted by Crippen LogP contribution is 2.09. The maximum absolute atomic E-state index is 11.8. The van der Waals surface area contributed by atoms with Gasteiger partial charge in [-0.3, -0.25) is 9.59 Å². The largest absolute Gasteiger partial charge is 0.378 e. The SMILES string of the molecule is O=C(CCOC1CCNCC1)NCCC(=O)N1CCCC1. The van der Waals surface area contributed by atoms with Crippen molar-refractivity contribution in [1.29, 1.82) is 0 Å². The van der Waals surface area contributed by atoms with Crippen molar-refractivity contribution in [3.8, 4) is 0 Å². The van der Waals surface area contributed by atoms with Crippen molar-refractivity contribution in [2.75, 3.05) is 39.3 Å². The van der Waals surface area contributed by atoms with Crippen molar-refractivity contribution in [2.45, 2.75) is 44.6 Å². The molecule has 2 saturated heterocycles. The standard InChI is InChI=1S/C15H27N3O3/c19-14(6-12-21-13-3-7-16-8-4-13)17-9-5-15(20)18-10-1-2-11-18/h13,16H,1-12H2,(H,17,19). The number of piperidine rings is 1. The number of hydrogen-bond donors (Lipinski definition) is 2. The van der Waals surface area contributed by atoms with Crippen molar-refractivity contribution in [2.24, 2.45) is 0 Å². The van der Waals surface area contributed by atoms with Gasteiger partial charge in [0.2, 0.25) is 11.8 Å². The van der Waals surface area contributed by atoms with E-state index < -0.39 is 0 Å². The van der Waals surface area contributed by atoms with Crippen LogP contribution in [0.25, 0.3) is 0 Å². The summed E-state index contributed by atoms with van der Waals surface area (Å²) in [5, 5.41) is 6.08. The van der Waals surface area contributed by atoms with Crippen molar-refractivity contribution >= 4 is 11.8 Å². The number of likely N-dealkylation sites (tertiary alicyclic amines) is 1. The average molecular weight is 297 g/mol. The summed E-state index contributed by atoms with van der Waals surface area (Å²) in [6, 6.07) is 0. The summed E-state index contributed by atoms with van der Waals surface area (Å²) in [5.74, 6) is 0.122. The molecular weight excluding hydrogens is 270 g/mol. The molecule has 0 atom stereocenters. The van der Waals surface area contributed by atoms with Gasteiger partial charge in [-0.2, -0.15) is 0 Å². The average Bonchev–Trinajstić information content (AvgIpc) is 3.02. The molecule has 0 saturated carbocycles. The van der Waals surface area contributed by atoms with Gasteiger partial charge in [-0.05, 0) is 38.8 Å². The van der Waals surface area contributed by atoms with Gasteiger partial charge >= 0.3 is 0 Å². The summed E-state index contributed by atoms with van der Waals surface area (Å²) in [6.07, 6.45) is 5.31. The van der Waals surface area contributed by atoms with E-state index in [2.05, 4.69) is 10.6 Å². The normalized spacial score (nSPS) is 19.7. The molecule has 0 spiro atoms. The van der Waals surface area contributed by atoms with Gasteiger partial charge in [-0.25, -0.2) is 0 Å². The Labute approximate surface area is 126 Å². The fraction of sp³-hybridized carbons (Fsp3) is 0.867. The van der Waals surface area contributed by atoms with Gasteiger partial charge in [0, 0.05) is 32.5 Å². The Hall–Kier alpha value is -1.14. The molecule has 6 heteroatoms. The first-order valence-corrected chi connectivity index (χ1v) is 8.12. The third-order valence-corrected chi connectivity index (χ3v) is 4.09. The summed E-state index contributed by atoms with van der Waals surface area (Å²) >= 11 is 0. The zero-order chi connectivity index (χ0) is 14.9. The molecule has 2 aliphatic rings. The monoisotopic (exact) mass is 297 g/mol. The highest BCUT2D eigenvalue weighted by atomic mass is 16.5. The van der Waals surface area contributed by atoms with E-state index in [1.54, 1.807) is 0 Å². The lowest BCUT2D eigenvalue weighted by Crippen LogP contribution is -2.34. The quantitative estimate of drug-likeness (QED) is 0.708. The molecule has 0 radical (unpaired) electrons. The number of nitrogens with one attached hydrogen (secondary N) is 2. The van der Waals surface area contributed by atoms with Crippen LogP contribution in [0.4, 0.5) is 0 Å². The van der Waals surface area contributed by atoms with Gasteiger partial charge in [0.1, 0.15) is 0 Å². The minimum Gasteiger partial charge on any atom is -0.378 e. The van der Waals surface area contributed by atoms with Crippen molar-refractivity contribution in [3.05, 3.63) is 0 Å². The molecule has 2 N–H and O–H groups in total. The first-order chi connectivity index (χ1) is 10.3. The minimum absolute atomic E-state index is 0.0295. The topological polar surface area (TPSA) is 70.7 Å². The van der Waals surface area contributed by atoms with Crippen molar-refractivity contribution in [3.63, 3.8) is 0 Å². The van der Waals surface area contributed by atoms with Gasteiger partial charge in [0.05, 0.1) is 12.7 Å². The summed E-state index contributed by atoms with van der Waals surface area (Å²) in [4.78, 5) is 25.3. The van der Waals surface area contributed by atoms with Crippen LogP contribution in [0.5, 0.6) is 0 Å². The van der Waals surface area contributed by atoms with Crippen LogP contribution >= 0.6 is 0 Å². The molecule has 0 unspecified atom stereocenters. The molecule has 0 aromatic carbocycles. The van der Waals surface area contributed by atoms with E-state index in [4.69, 9.17) is 4.74 Å². The highest BCUT2D eigenvalue weighted by Gasteiger charge is 2.17. The van der Waals surface area contributed by atoms with E-state index in [0.717, 1.165) is 51.9 Å². The Morgan fingerprint density at radius 1 is 1.14 bits per heavy atom. The van der Waals surface area contributed by atoms with Crippen LogP contribution in [0.15, 0.2) is 0 Å². The molecule has 2 amide bonds. The molecule has 120 valence electrons. The van der Waals surface area contributed by atoms with Gasteiger partial charge < -0.3 is 20.3 Å². The lowest BCUT2D eigenvalue weighted by atomic mass is 10.1. The number of amides is 2. The number of carbonyl (C=O) groups is 2. The third-order valence-electron chi connectivity index (χ3n) is 4.09. The van der Waals surface area contributed by atoms with E-state index in [-0.39, 0.29) is 17.9 Å². The van der Waals surface area contributed by atoms with Gasteiger partial charge in [0.15, 0.2) is 0 Å². The molecule has 2 rings (SSSR count). The maximum Gasteiger partial charge on any atom is 0.224 e. The lowest BCUT2D eigenvalue weighted by Gasteiger charge is -2.22. The second kappa shape index (κ2) is 9.00. The van der Waals surface area contributed by atoms with Crippen molar-refractivity contribution < 1.29 is 14.3 Å². The number of rotatable bonds is 7. The third kappa shape index (κ3) is 6.01. The summed E-state index contributed by atoms with van der Waals surface area (Å²) in [7, 11) is 0. The Balaban J connectivity index is 1.48. The second-order valence-electron chi connectivity index (χ2n) is 5.76. The van der Waals surface area contributed by atoms with E-state index >= 15 is 0 Å². The first-order valence-electron chi connectivity index (χ1n) is 8.12. The second-order valence-corrected chi connectivity index (χ2v) is 5.76. The summed E-state index contributed by atoms with van der Waals surface area (Å²) in [5.41, 5.74) is 0. The fourth-order valence-electron chi connectivity index (χ4n) is 2.80. The predicted molar refractivity (Wildman–Crippen MR) is 79.9 cm³/mol. The number of ether oxygens (including phenoxy) is 1. The molecule has 0 aromatic rings. The van der Waals surface area contributed by atoms with E-state index in [9.17, 15) is 9.59 Å². The summed E-state index contributed by atoms with van der Waals surface area (Å²) in [6.45, 7) is 4.64. The Morgan fingerprint density at radius 2 is 1.86 bits per heavy atom. The molecule has 0 aliphatic carbocycles. The predicted octanol–water partition coefficient (Wildman–Crippen LogP) is 0.274. The Kier molecular flexibility index (Phi) is 6.95. The zero-order valence-corrected chi connectivity index (χ0v) is 12.7. The van der Waals surface area contributed by atoms with Crippen LogP contribution < -0.4 is 10.6 Å². The van der Waals surface area contributed by atoms with Crippen molar-refractivity contribution in [1.82, 2.24) is 15.5 Å². The van der Waals surface area contributed by atoms with Crippen LogP contribution in [-0.2, 0) is 14.3 Å². The first kappa shape index (κ1) is 16.2. The highest BCUT2D eigenvalue weighted by molar-refractivity contribution is 5.79. The molecule has 2 aliphatic heterocycles. The van der Waals surface area contributed by atoms with Crippen LogP contribution in [0, 0.1) is 0 Å². The molecular formula is C15H27N3O3. The molecule has 2 heterocycles. The lowest BCUT2D eigenvalue weighted by molar-refractivity contribution is -0.130. The number of nitrogens with zero attached hydrogens (tertiary/aromatic N) is 1. The molecule has 0 aromatic heterocycles. The van der Waals surface area contributed by atoms with E-state index in [0.29, 0.717) is 26.0 Å². The number of carbonyl (C=O) groups excluding carboxylic acids is 2. The van der Waals surface area contributed by atoms with Crippen LogP contribution in [0.3, 0.4) is 0 Å². The fourth-order valence-corrected chi connectivity index (χ4v) is 2.80. The minimum atomic E-state index is -0.0295. The van der Waals surface area contributed by atoms with Crippen LogP contribution in [-0.4, -0.2) is 62.1 Å². The molecule has 21 heavy (non-hydrogen) atoms. The molecule has 6 nitrogen and oxygen atoms in total. The van der Waals surface area contributed by atoms with Crippen LogP contribution in [0.2, 0.25) is 0 Å². The maximum atomic E-state index is 11.8. The smallest absolute Gasteiger partial charge is 0.224 e. The zero-order valence-electron chi connectivity index (χ0n) is 12.7. The molecule has 2 fully saturated rings. The number of hydrogen-bond acceptors (Lipinski definition) is 4.